The first-order valence-electron chi connectivity index (χ1n) is 7.05. The van der Waals surface area contributed by atoms with E-state index in [9.17, 15) is 26.0 Å². The van der Waals surface area contributed by atoms with Crippen molar-refractivity contribution in [2.45, 2.75) is 17.1 Å². The van der Waals surface area contributed by atoms with Crippen molar-refractivity contribution in [2.75, 3.05) is 0 Å². The highest BCUT2D eigenvalue weighted by molar-refractivity contribution is 7.89. The molecule has 0 radical (unpaired) electrons. The minimum absolute atomic E-state index is 0.156. The van der Waals surface area contributed by atoms with E-state index in [1.54, 1.807) is 4.72 Å². The number of pyridine rings is 1. The predicted molar refractivity (Wildman–Crippen MR) is 85.7 cm³/mol. The zero-order chi connectivity index (χ0) is 19.1. The quantitative estimate of drug-likeness (QED) is 0.671. The number of fused-ring (bicyclic) bond motifs is 1. The highest BCUT2D eigenvalue weighted by Crippen LogP contribution is 2.34. The van der Waals surface area contributed by atoms with Gasteiger partial charge in [-0.25, -0.2) is 17.8 Å². The lowest BCUT2D eigenvalue weighted by molar-refractivity contribution is -0.153. The topological polar surface area (TPSA) is 63.5 Å². The van der Waals surface area contributed by atoms with E-state index in [4.69, 9.17) is 11.6 Å². The smallest absolute Gasteiger partial charge is 0.290 e. The van der Waals surface area contributed by atoms with Crippen LogP contribution in [0.25, 0.3) is 5.65 Å². The molecule has 0 bridgehead atoms. The van der Waals surface area contributed by atoms with Crippen molar-refractivity contribution < 1.29 is 26.0 Å². The zero-order valence-corrected chi connectivity index (χ0v) is 14.3. The summed E-state index contributed by atoms with van der Waals surface area (Å²) in [5.41, 5.74) is -0.282. The number of sulfonamides is 1. The Hall–Kier alpha value is -2.17. The van der Waals surface area contributed by atoms with Gasteiger partial charge in [-0.15, -0.1) is 0 Å². The largest absolute Gasteiger partial charge is 0.408 e. The summed E-state index contributed by atoms with van der Waals surface area (Å²) in [7, 11) is -4.54. The molecule has 0 aliphatic heterocycles. The standard InChI is InChI=1S/C15H10ClF4N3O2S/c16-12-8-21-13-7-11(5-6-23(12)13)26(24,25)22-14(15(18,19)20)9-1-3-10(17)4-2-9/h1-8,14,22H/t14-/m1/s1. The average molecular weight is 408 g/mol. The molecule has 0 amide bonds. The van der Waals surface area contributed by atoms with Crippen molar-refractivity contribution in [1.82, 2.24) is 14.1 Å². The number of hydrogen-bond donors (Lipinski definition) is 1. The van der Waals surface area contributed by atoms with Gasteiger partial charge in [0.25, 0.3) is 0 Å². The molecule has 2 aromatic heterocycles. The second-order valence-electron chi connectivity index (χ2n) is 5.32. The van der Waals surface area contributed by atoms with E-state index in [1.807, 2.05) is 0 Å². The van der Waals surface area contributed by atoms with Crippen molar-refractivity contribution in [2.24, 2.45) is 0 Å². The molecule has 1 N–H and O–H groups in total. The Labute approximate surface area is 150 Å². The van der Waals surface area contributed by atoms with Crippen molar-refractivity contribution in [3.05, 3.63) is 65.3 Å². The first kappa shape index (κ1) is 18.6. The maximum Gasteiger partial charge on any atom is 0.408 e. The summed E-state index contributed by atoms with van der Waals surface area (Å²) >= 11 is 5.83. The molecule has 1 aromatic carbocycles. The summed E-state index contributed by atoms with van der Waals surface area (Å²) in [5.74, 6) is -0.737. The number of nitrogens with one attached hydrogen (secondary N) is 1. The van der Waals surface area contributed by atoms with E-state index in [0.29, 0.717) is 0 Å². The van der Waals surface area contributed by atoms with Gasteiger partial charge in [0.05, 0.1) is 11.1 Å². The summed E-state index contributed by atoms with van der Waals surface area (Å²) < 4.78 is 80.8. The van der Waals surface area contributed by atoms with Gasteiger partial charge in [0.1, 0.15) is 22.7 Å². The number of nitrogens with zero attached hydrogens (tertiary/aromatic N) is 2. The second kappa shape index (κ2) is 6.53. The Morgan fingerprint density at radius 3 is 2.42 bits per heavy atom. The van der Waals surface area contributed by atoms with E-state index < -0.39 is 38.5 Å². The van der Waals surface area contributed by atoms with Crippen LogP contribution >= 0.6 is 11.6 Å². The molecule has 3 rings (SSSR count). The molecule has 0 saturated carbocycles. The molecule has 2 heterocycles. The van der Waals surface area contributed by atoms with Crippen molar-refractivity contribution in [1.29, 1.82) is 0 Å². The van der Waals surface area contributed by atoms with Gasteiger partial charge in [0.2, 0.25) is 10.0 Å². The van der Waals surface area contributed by atoms with Crippen LogP contribution in [0.5, 0.6) is 0 Å². The summed E-state index contributed by atoms with van der Waals surface area (Å²) in [6.07, 6.45) is -2.37. The highest BCUT2D eigenvalue weighted by atomic mass is 35.5. The van der Waals surface area contributed by atoms with Crippen LogP contribution in [0.4, 0.5) is 17.6 Å². The number of imidazole rings is 1. The molecule has 0 saturated heterocycles. The zero-order valence-electron chi connectivity index (χ0n) is 12.7. The molecular weight excluding hydrogens is 398 g/mol. The van der Waals surface area contributed by atoms with Gasteiger partial charge in [-0.3, -0.25) is 4.40 Å². The Morgan fingerprint density at radius 1 is 1.15 bits per heavy atom. The summed E-state index contributed by atoms with van der Waals surface area (Å²) in [4.78, 5) is 3.45. The summed E-state index contributed by atoms with van der Waals surface area (Å²) in [6, 6.07) is 3.03. The monoisotopic (exact) mass is 407 g/mol. The molecule has 26 heavy (non-hydrogen) atoms. The SMILES string of the molecule is O=S(=O)(N[C@H](c1ccc(F)cc1)C(F)(F)F)c1ccn2c(Cl)cnc2c1. The van der Waals surface area contributed by atoms with Crippen LogP contribution in [-0.2, 0) is 10.0 Å². The van der Waals surface area contributed by atoms with Gasteiger partial charge in [-0.1, -0.05) is 23.7 Å². The molecule has 1 atom stereocenters. The third kappa shape index (κ3) is 3.67. The molecule has 138 valence electrons. The van der Waals surface area contributed by atoms with Gasteiger partial charge < -0.3 is 0 Å². The number of benzene rings is 1. The number of alkyl halides is 3. The first-order valence-corrected chi connectivity index (χ1v) is 8.91. The van der Waals surface area contributed by atoms with Gasteiger partial charge in [-0.2, -0.15) is 17.9 Å². The van der Waals surface area contributed by atoms with Crippen LogP contribution in [-0.4, -0.2) is 24.0 Å². The van der Waals surface area contributed by atoms with Crippen LogP contribution < -0.4 is 4.72 Å². The fourth-order valence-electron chi connectivity index (χ4n) is 2.30. The predicted octanol–water partition coefficient (Wildman–Crippen LogP) is 3.71. The maximum atomic E-state index is 13.4. The minimum Gasteiger partial charge on any atom is -0.290 e. The number of rotatable bonds is 4. The van der Waals surface area contributed by atoms with E-state index in [-0.39, 0.29) is 10.8 Å². The van der Waals surface area contributed by atoms with E-state index in [2.05, 4.69) is 4.98 Å². The third-order valence-corrected chi connectivity index (χ3v) is 5.25. The lowest BCUT2D eigenvalue weighted by Crippen LogP contribution is -2.38. The fraction of sp³-hybridized carbons (Fsp3) is 0.133. The first-order chi connectivity index (χ1) is 12.1. The molecule has 3 aromatic rings. The summed E-state index contributed by atoms with van der Waals surface area (Å²) in [5, 5.41) is 0.219. The molecule has 0 aliphatic carbocycles. The Balaban J connectivity index is 1.99. The normalized spacial score (nSPS) is 13.9. The maximum absolute atomic E-state index is 13.4. The Morgan fingerprint density at radius 2 is 1.81 bits per heavy atom. The van der Waals surface area contributed by atoms with Crippen molar-refractivity contribution in [3.63, 3.8) is 0 Å². The average Bonchev–Trinajstić information content (AvgIpc) is 2.93. The molecular formula is C15H10ClF4N3O2S. The fourth-order valence-corrected chi connectivity index (χ4v) is 3.71. The summed E-state index contributed by atoms with van der Waals surface area (Å²) in [6.45, 7) is 0. The molecule has 11 heteroatoms. The van der Waals surface area contributed by atoms with E-state index in [1.165, 1.54) is 16.8 Å². The van der Waals surface area contributed by atoms with Gasteiger partial charge in [0, 0.05) is 12.3 Å². The Kier molecular flexibility index (Phi) is 4.67. The van der Waals surface area contributed by atoms with E-state index in [0.717, 1.165) is 36.4 Å². The van der Waals surface area contributed by atoms with Crippen LogP contribution in [0.3, 0.4) is 0 Å². The molecule has 5 nitrogen and oxygen atoms in total. The van der Waals surface area contributed by atoms with Crippen molar-refractivity contribution in [3.8, 4) is 0 Å². The lowest BCUT2D eigenvalue weighted by Gasteiger charge is -2.22. The minimum atomic E-state index is -4.92. The second-order valence-corrected chi connectivity index (χ2v) is 7.42. The van der Waals surface area contributed by atoms with Crippen molar-refractivity contribution >= 4 is 27.3 Å². The molecule has 0 fully saturated rings. The highest BCUT2D eigenvalue weighted by Gasteiger charge is 2.43. The molecule has 0 aliphatic rings. The third-order valence-electron chi connectivity index (χ3n) is 3.55. The lowest BCUT2D eigenvalue weighted by atomic mass is 10.1. The van der Waals surface area contributed by atoms with Gasteiger partial charge >= 0.3 is 6.18 Å². The van der Waals surface area contributed by atoms with E-state index >= 15 is 0 Å². The van der Waals surface area contributed by atoms with Gasteiger partial charge in [-0.05, 0) is 23.8 Å². The van der Waals surface area contributed by atoms with Crippen LogP contribution in [0.15, 0.2) is 53.7 Å². The van der Waals surface area contributed by atoms with Crippen LogP contribution in [0, 0.1) is 5.82 Å². The number of hydrogen-bond acceptors (Lipinski definition) is 3. The van der Waals surface area contributed by atoms with Crippen LogP contribution in [0.1, 0.15) is 11.6 Å². The Bertz CT molecular complexity index is 1050. The van der Waals surface area contributed by atoms with Gasteiger partial charge in [0.15, 0.2) is 0 Å². The number of halogens is 5. The molecule has 0 spiro atoms. The van der Waals surface area contributed by atoms with Crippen LogP contribution in [0.2, 0.25) is 5.15 Å². The number of aromatic nitrogens is 2. The molecule has 0 unspecified atom stereocenters.